The number of nitrogens with two attached hydrogens (primary N) is 1. The van der Waals surface area contributed by atoms with Crippen LogP contribution < -0.4 is 22.3 Å². The molecule has 7 heteroatoms. The number of aromatic nitrogens is 2. The van der Waals surface area contributed by atoms with Gasteiger partial charge in [-0.15, -0.1) is 0 Å². The minimum Gasteiger partial charge on any atom is -0.397 e. The molecule has 1 aromatic heterocycles. The Labute approximate surface area is 114 Å². The van der Waals surface area contributed by atoms with E-state index in [0.29, 0.717) is 11.4 Å². The van der Waals surface area contributed by atoms with Gasteiger partial charge >= 0.3 is 5.69 Å². The molecule has 1 heterocycles. The Morgan fingerprint density at radius 3 is 2.75 bits per heavy atom. The Morgan fingerprint density at radius 1 is 1.35 bits per heavy atom. The highest BCUT2D eigenvalue weighted by atomic mass is 16.2. The highest BCUT2D eigenvalue weighted by molar-refractivity contribution is 5.93. The van der Waals surface area contributed by atoms with E-state index in [4.69, 9.17) is 5.73 Å². The maximum Gasteiger partial charge on any atom is 0.328 e. The smallest absolute Gasteiger partial charge is 0.328 e. The molecule has 4 N–H and O–H groups in total. The summed E-state index contributed by atoms with van der Waals surface area (Å²) in [6.07, 6.45) is 1.26. The fourth-order valence-corrected chi connectivity index (χ4v) is 1.71. The summed E-state index contributed by atoms with van der Waals surface area (Å²) in [5, 5.41) is 2.61. The van der Waals surface area contributed by atoms with Crippen molar-refractivity contribution in [3.8, 4) is 0 Å². The average molecular weight is 274 g/mol. The molecule has 1 amide bonds. The molecular formula is C13H14N4O3. The lowest BCUT2D eigenvalue weighted by Gasteiger charge is -2.09. The van der Waals surface area contributed by atoms with Gasteiger partial charge in [-0.2, -0.15) is 0 Å². The highest BCUT2D eigenvalue weighted by Gasteiger charge is 2.07. The first-order chi connectivity index (χ1) is 9.45. The summed E-state index contributed by atoms with van der Waals surface area (Å²) in [4.78, 5) is 36.3. The molecule has 0 atom stereocenters. The zero-order valence-corrected chi connectivity index (χ0v) is 10.8. The molecule has 0 aliphatic heterocycles. The van der Waals surface area contributed by atoms with Gasteiger partial charge in [0, 0.05) is 12.3 Å². The van der Waals surface area contributed by atoms with Crippen LogP contribution in [0, 0.1) is 6.92 Å². The van der Waals surface area contributed by atoms with Gasteiger partial charge in [0.05, 0.1) is 11.4 Å². The summed E-state index contributed by atoms with van der Waals surface area (Å²) in [7, 11) is 0. The van der Waals surface area contributed by atoms with Gasteiger partial charge in [-0.3, -0.25) is 19.1 Å². The third kappa shape index (κ3) is 3.14. The van der Waals surface area contributed by atoms with E-state index in [0.717, 1.165) is 10.1 Å². The van der Waals surface area contributed by atoms with Crippen LogP contribution in [0.5, 0.6) is 0 Å². The van der Waals surface area contributed by atoms with Crippen molar-refractivity contribution in [3.63, 3.8) is 0 Å². The molecule has 2 rings (SSSR count). The number of rotatable bonds is 3. The van der Waals surface area contributed by atoms with E-state index in [9.17, 15) is 14.4 Å². The molecule has 0 saturated carbocycles. The highest BCUT2D eigenvalue weighted by Crippen LogP contribution is 2.19. The first-order valence-electron chi connectivity index (χ1n) is 5.91. The van der Waals surface area contributed by atoms with Crippen LogP contribution in [-0.4, -0.2) is 15.5 Å². The molecule has 2 aromatic rings. The van der Waals surface area contributed by atoms with Crippen molar-refractivity contribution in [1.82, 2.24) is 9.55 Å². The molecule has 0 saturated heterocycles. The Bertz CT molecular complexity index is 761. The molecule has 0 fully saturated rings. The van der Waals surface area contributed by atoms with Crippen molar-refractivity contribution >= 4 is 17.3 Å². The number of nitrogen functional groups attached to an aromatic ring is 1. The molecule has 0 aliphatic rings. The van der Waals surface area contributed by atoms with Crippen molar-refractivity contribution in [2.45, 2.75) is 13.5 Å². The second-order valence-corrected chi connectivity index (χ2v) is 4.38. The van der Waals surface area contributed by atoms with Crippen LogP contribution in [0.4, 0.5) is 11.4 Å². The van der Waals surface area contributed by atoms with Crippen LogP contribution in [-0.2, 0) is 11.3 Å². The predicted molar refractivity (Wildman–Crippen MR) is 75.5 cm³/mol. The molecule has 0 spiro atoms. The lowest BCUT2D eigenvalue weighted by atomic mass is 10.2. The SMILES string of the molecule is Cc1ccc(NC(=O)Cn2ccc(=O)[nH]c2=O)c(N)c1. The van der Waals surface area contributed by atoms with Gasteiger partial charge in [-0.25, -0.2) is 4.79 Å². The second-order valence-electron chi connectivity index (χ2n) is 4.38. The minimum atomic E-state index is -0.635. The molecular weight excluding hydrogens is 260 g/mol. The second kappa shape index (κ2) is 5.43. The third-order valence-corrected chi connectivity index (χ3v) is 2.69. The van der Waals surface area contributed by atoms with Gasteiger partial charge in [-0.1, -0.05) is 6.07 Å². The number of nitrogens with zero attached hydrogens (tertiary/aromatic N) is 1. The molecule has 0 bridgehead atoms. The fraction of sp³-hybridized carbons (Fsp3) is 0.154. The fourth-order valence-electron chi connectivity index (χ4n) is 1.71. The number of hydrogen-bond acceptors (Lipinski definition) is 4. The van der Waals surface area contributed by atoms with Gasteiger partial charge in [0.25, 0.3) is 5.56 Å². The molecule has 0 aliphatic carbocycles. The minimum absolute atomic E-state index is 0.205. The van der Waals surface area contributed by atoms with Crippen LogP contribution >= 0.6 is 0 Å². The zero-order valence-electron chi connectivity index (χ0n) is 10.8. The first-order valence-corrected chi connectivity index (χ1v) is 5.91. The lowest BCUT2D eigenvalue weighted by molar-refractivity contribution is -0.116. The van der Waals surface area contributed by atoms with Gasteiger partial charge in [0.2, 0.25) is 5.91 Å². The van der Waals surface area contributed by atoms with Crippen molar-refractivity contribution in [2.75, 3.05) is 11.1 Å². The number of anilines is 2. The standard InChI is InChI=1S/C13H14N4O3/c1-8-2-3-10(9(14)6-8)15-12(19)7-17-5-4-11(18)16-13(17)20/h2-6H,7,14H2,1H3,(H,15,19)(H,16,18,20). The molecule has 7 nitrogen and oxygen atoms in total. The average Bonchev–Trinajstić information content (AvgIpc) is 2.36. The topological polar surface area (TPSA) is 110 Å². The number of H-pyrrole nitrogens is 1. The molecule has 1 aromatic carbocycles. The van der Waals surface area contributed by atoms with Gasteiger partial charge in [-0.05, 0) is 24.6 Å². The van der Waals surface area contributed by atoms with Crippen LogP contribution in [0.3, 0.4) is 0 Å². The summed E-state index contributed by atoms with van der Waals surface area (Å²) in [5.74, 6) is -0.408. The maximum absolute atomic E-state index is 11.8. The van der Waals surface area contributed by atoms with Crippen LogP contribution in [0.15, 0.2) is 40.1 Å². The Balaban J connectivity index is 2.13. The van der Waals surface area contributed by atoms with E-state index < -0.39 is 17.2 Å². The molecule has 104 valence electrons. The number of aryl methyl sites for hydroxylation is 1. The largest absolute Gasteiger partial charge is 0.397 e. The molecule has 0 radical (unpaired) electrons. The number of nitrogens with one attached hydrogen (secondary N) is 2. The van der Waals surface area contributed by atoms with Crippen molar-refractivity contribution in [1.29, 1.82) is 0 Å². The monoisotopic (exact) mass is 274 g/mol. The van der Waals surface area contributed by atoms with E-state index in [-0.39, 0.29) is 6.54 Å². The number of hydrogen-bond donors (Lipinski definition) is 3. The number of amides is 1. The van der Waals surface area contributed by atoms with Crippen LogP contribution in [0.2, 0.25) is 0 Å². The van der Waals surface area contributed by atoms with E-state index in [1.165, 1.54) is 12.3 Å². The zero-order chi connectivity index (χ0) is 14.7. The predicted octanol–water partition coefficient (Wildman–Crippen LogP) is 0.0659. The number of aromatic amines is 1. The summed E-state index contributed by atoms with van der Waals surface area (Å²) in [6, 6.07) is 6.42. The van der Waals surface area contributed by atoms with E-state index in [1.54, 1.807) is 12.1 Å². The number of carbonyl (C=O) groups excluding carboxylic acids is 1. The number of benzene rings is 1. The van der Waals surface area contributed by atoms with E-state index >= 15 is 0 Å². The van der Waals surface area contributed by atoms with E-state index in [2.05, 4.69) is 10.3 Å². The Kier molecular flexibility index (Phi) is 3.69. The summed E-state index contributed by atoms with van der Waals surface area (Å²) in [5.41, 5.74) is 6.56. The van der Waals surface area contributed by atoms with Gasteiger partial charge in [0.15, 0.2) is 0 Å². The van der Waals surface area contributed by atoms with Crippen LogP contribution in [0.1, 0.15) is 5.56 Å². The maximum atomic E-state index is 11.8. The quantitative estimate of drug-likeness (QED) is 0.688. The van der Waals surface area contributed by atoms with Crippen molar-refractivity contribution < 1.29 is 4.79 Å². The summed E-state index contributed by atoms with van der Waals surface area (Å²) >= 11 is 0. The van der Waals surface area contributed by atoms with Gasteiger partial charge in [0.1, 0.15) is 6.54 Å². The van der Waals surface area contributed by atoms with Gasteiger partial charge < -0.3 is 11.1 Å². The summed E-state index contributed by atoms with van der Waals surface area (Å²) in [6.45, 7) is 1.69. The first kappa shape index (κ1) is 13.6. The lowest BCUT2D eigenvalue weighted by Crippen LogP contribution is -2.32. The molecule has 20 heavy (non-hydrogen) atoms. The van der Waals surface area contributed by atoms with E-state index in [1.807, 2.05) is 13.0 Å². The Morgan fingerprint density at radius 2 is 2.10 bits per heavy atom. The van der Waals surface area contributed by atoms with Crippen molar-refractivity contribution in [2.24, 2.45) is 0 Å². The Hall–Kier alpha value is -2.83. The van der Waals surface area contributed by atoms with Crippen LogP contribution in [0.25, 0.3) is 0 Å². The molecule has 0 unspecified atom stereocenters. The third-order valence-electron chi connectivity index (χ3n) is 2.69. The number of carbonyl (C=O) groups is 1. The summed E-state index contributed by atoms with van der Waals surface area (Å²) < 4.78 is 1.10. The normalized spacial score (nSPS) is 10.2. The van der Waals surface area contributed by atoms with Crippen molar-refractivity contribution in [3.05, 3.63) is 56.9 Å².